The number of ether oxygens (including phenoxy) is 2. The maximum absolute atomic E-state index is 6.29. The number of hydrogen-bond donors (Lipinski definition) is 1. The zero-order valence-corrected chi connectivity index (χ0v) is 15.3. The van der Waals surface area contributed by atoms with E-state index in [1.54, 1.807) is 26.5 Å². The summed E-state index contributed by atoms with van der Waals surface area (Å²) in [5.74, 6) is 1.04. The molecule has 1 radical (unpaired) electrons. The van der Waals surface area contributed by atoms with Crippen molar-refractivity contribution in [1.82, 2.24) is 19.5 Å². The van der Waals surface area contributed by atoms with Crippen molar-refractivity contribution < 1.29 is 9.47 Å². The van der Waals surface area contributed by atoms with Gasteiger partial charge in [-0.1, -0.05) is 18.5 Å². The fraction of sp³-hybridized carbons (Fsp3) is 0.211. The number of pyridine rings is 2. The first kappa shape index (κ1) is 16.7. The second-order valence-electron chi connectivity index (χ2n) is 5.90. The van der Waals surface area contributed by atoms with Gasteiger partial charge in [-0.15, -0.1) is 0 Å². The fourth-order valence-electron chi connectivity index (χ4n) is 3.16. The van der Waals surface area contributed by atoms with E-state index < -0.39 is 0 Å². The zero-order chi connectivity index (χ0) is 18.3. The largest absolute Gasteiger partial charge is 0.491 e. The molecule has 0 atom stereocenters. The lowest BCUT2D eigenvalue weighted by molar-refractivity contribution is 0.344. The van der Waals surface area contributed by atoms with E-state index in [2.05, 4.69) is 32.6 Å². The van der Waals surface area contributed by atoms with E-state index in [1.165, 1.54) is 0 Å². The van der Waals surface area contributed by atoms with Crippen molar-refractivity contribution in [1.29, 1.82) is 0 Å². The third kappa shape index (κ3) is 2.57. The monoisotopic (exact) mass is 369 g/mol. The molecule has 0 aliphatic carbocycles. The molecule has 4 aromatic rings. The van der Waals surface area contributed by atoms with Crippen molar-refractivity contribution in [2.24, 2.45) is 0 Å². The van der Waals surface area contributed by atoms with Crippen molar-refractivity contribution in [3.8, 4) is 22.9 Å². The first-order valence-corrected chi connectivity index (χ1v) is 8.58. The van der Waals surface area contributed by atoms with Crippen LogP contribution in [0.25, 0.3) is 33.3 Å². The van der Waals surface area contributed by atoms with Gasteiger partial charge in [-0.05, 0) is 18.6 Å². The summed E-state index contributed by atoms with van der Waals surface area (Å²) < 4.78 is 12.9. The third-order valence-corrected chi connectivity index (χ3v) is 4.69. The topological polar surface area (TPSA) is 65.0 Å². The minimum atomic E-state index is 0.445. The van der Waals surface area contributed by atoms with Gasteiger partial charge in [-0.3, -0.25) is 0 Å². The van der Waals surface area contributed by atoms with Crippen LogP contribution in [0.5, 0.6) is 11.6 Å². The molecule has 0 aromatic carbocycles. The first-order chi connectivity index (χ1) is 12.7. The van der Waals surface area contributed by atoms with Crippen LogP contribution in [-0.4, -0.2) is 33.7 Å². The fourth-order valence-corrected chi connectivity index (χ4v) is 3.36. The summed E-state index contributed by atoms with van der Waals surface area (Å²) in [5.41, 5.74) is 4.36. The Kier molecular flexibility index (Phi) is 4.20. The van der Waals surface area contributed by atoms with Gasteiger partial charge in [-0.25, -0.2) is 9.97 Å². The molecule has 0 saturated carbocycles. The highest BCUT2D eigenvalue weighted by Gasteiger charge is 2.18. The highest BCUT2D eigenvalue weighted by molar-refractivity contribution is 6.35. The van der Waals surface area contributed by atoms with Crippen molar-refractivity contribution in [2.75, 3.05) is 14.2 Å². The van der Waals surface area contributed by atoms with E-state index in [9.17, 15) is 0 Å². The minimum absolute atomic E-state index is 0.445. The van der Waals surface area contributed by atoms with Crippen LogP contribution in [0.4, 0.5) is 0 Å². The Labute approximate surface area is 155 Å². The molecule has 0 aliphatic rings. The molecule has 7 heteroatoms. The summed E-state index contributed by atoms with van der Waals surface area (Å²) in [7, 11) is 3.18. The Morgan fingerprint density at radius 3 is 2.81 bits per heavy atom. The van der Waals surface area contributed by atoms with Gasteiger partial charge in [0, 0.05) is 36.0 Å². The molecule has 0 aliphatic heterocycles. The van der Waals surface area contributed by atoms with Gasteiger partial charge in [0.15, 0.2) is 5.75 Å². The second kappa shape index (κ2) is 6.53. The van der Waals surface area contributed by atoms with E-state index in [4.69, 9.17) is 21.1 Å². The highest BCUT2D eigenvalue weighted by Crippen LogP contribution is 2.37. The number of hydrogen-bond acceptors (Lipinski definition) is 4. The second-order valence-corrected chi connectivity index (χ2v) is 6.30. The number of aromatic nitrogens is 4. The van der Waals surface area contributed by atoms with Gasteiger partial charge >= 0.3 is 0 Å². The summed E-state index contributed by atoms with van der Waals surface area (Å²) in [5, 5.41) is 1.54. The zero-order valence-electron chi connectivity index (χ0n) is 14.5. The smallest absolute Gasteiger partial charge is 0.257 e. The number of halogens is 1. The SMILES string of the molecule is [CH2]CCn1cc(-c2cc3c(Cl)ccnc3[nH]2)c2nc(OC)c(OC)cc21. The summed E-state index contributed by atoms with van der Waals surface area (Å²) in [6, 6.07) is 5.71. The maximum atomic E-state index is 6.29. The van der Waals surface area contributed by atoms with Crippen molar-refractivity contribution in [2.45, 2.75) is 13.0 Å². The molecule has 0 bridgehead atoms. The quantitative estimate of drug-likeness (QED) is 0.563. The number of methoxy groups -OCH3 is 2. The average Bonchev–Trinajstić information content (AvgIpc) is 3.23. The normalized spacial score (nSPS) is 11.4. The van der Waals surface area contributed by atoms with Gasteiger partial charge in [0.1, 0.15) is 11.2 Å². The number of fused-ring (bicyclic) bond motifs is 2. The van der Waals surface area contributed by atoms with E-state index in [0.717, 1.165) is 46.3 Å². The Morgan fingerprint density at radius 2 is 2.12 bits per heavy atom. The number of aromatic amines is 1. The number of nitrogens with one attached hydrogen (secondary N) is 1. The summed E-state index contributed by atoms with van der Waals surface area (Å²) >= 11 is 6.29. The Balaban J connectivity index is 1.99. The predicted octanol–water partition coefficient (Wildman–Crippen LogP) is 4.47. The van der Waals surface area contributed by atoms with E-state index in [1.807, 2.05) is 12.1 Å². The molecule has 4 heterocycles. The number of nitrogens with zero attached hydrogens (tertiary/aromatic N) is 3. The highest BCUT2D eigenvalue weighted by atomic mass is 35.5. The van der Waals surface area contributed by atoms with Gasteiger partial charge in [0.2, 0.25) is 0 Å². The summed E-state index contributed by atoms with van der Waals surface area (Å²) in [4.78, 5) is 12.4. The number of H-pyrrole nitrogens is 1. The average molecular weight is 370 g/mol. The molecule has 1 N–H and O–H groups in total. The van der Waals surface area contributed by atoms with Crippen molar-refractivity contribution in [3.63, 3.8) is 0 Å². The lowest BCUT2D eigenvalue weighted by atomic mass is 10.2. The first-order valence-electron chi connectivity index (χ1n) is 8.21. The molecule has 4 aromatic heterocycles. The van der Waals surface area contributed by atoms with E-state index >= 15 is 0 Å². The van der Waals surface area contributed by atoms with Crippen LogP contribution in [0.2, 0.25) is 5.02 Å². The van der Waals surface area contributed by atoms with Crippen molar-refractivity contribution >= 4 is 33.7 Å². The molecule has 0 amide bonds. The number of rotatable bonds is 5. The minimum Gasteiger partial charge on any atom is -0.491 e. The van der Waals surface area contributed by atoms with Gasteiger partial charge < -0.3 is 19.0 Å². The van der Waals surface area contributed by atoms with Crippen LogP contribution in [0, 0.1) is 6.92 Å². The van der Waals surface area contributed by atoms with Crippen LogP contribution in [0.3, 0.4) is 0 Å². The molecule has 4 rings (SSSR count). The van der Waals surface area contributed by atoms with Gasteiger partial charge in [0.05, 0.1) is 30.5 Å². The molecule has 0 unspecified atom stereocenters. The van der Waals surface area contributed by atoms with Gasteiger partial charge in [0.25, 0.3) is 5.88 Å². The van der Waals surface area contributed by atoms with Crippen LogP contribution >= 0.6 is 11.6 Å². The molecule has 6 nitrogen and oxygen atoms in total. The summed E-state index contributed by atoms with van der Waals surface area (Å²) in [6.07, 6.45) is 4.50. The molecule has 0 saturated heterocycles. The Morgan fingerprint density at radius 1 is 1.27 bits per heavy atom. The van der Waals surface area contributed by atoms with Crippen LogP contribution in [-0.2, 0) is 6.54 Å². The lowest BCUT2D eigenvalue weighted by Crippen LogP contribution is -1.97. The van der Waals surface area contributed by atoms with Crippen LogP contribution in [0.15, 0.2) is 30.6 Å². The molecule has 26 heavy (non-hydrogen) atoms. The predicted molar refractivity (Wildman–Crippen MR) is 103 cm³/mol. The Bertz CT molecular complexity index is 1100. The molecular formula is C19H18ClN4O2. The number of aryl methyl sites for hydroxylation is 1. The van der Waals surface area contributed by atoms with Gasteiger partial charge in [-0.2, -0.15) is 0 Å². The maximum Gasteiger partial charge on any atom is 0.257 e. The molecule has 0 fully saturated rings. The molecule has 133 valence electrons. The Hall–Kier alpha value is -2.73. The van der Waals surface area contributed by atoms with E-state index in [-0.39, 0.29) is 0 Å². The van der Waals surface area contributed by atoms with Crippen LogP contribution in [0.1, 0.15) is 6.42 Å². The van der Waals surface area contributed by atoms with Crippen LogP contribution < -0.4 is 9.47 Å². The van der Waals surface area contributed by atoms with Crippen molar-refractivity contribution in [3.05, 3.63) is 42.5 Å². The lowest BCUT2D eigenvalue weighted by Gasteiger charge is -2.08. The molecule has 0 spiro atoms. The molecular weight excluding hydrogens is 352 g/mol. The van der Waals surface area contributed by atoms with E-state index in [0.29, 0.717) is 16.7 Å². The standard InChI is InChI=1S/C19H18ClN4O2/c1-4-7-24-10-12(14-8-11-13(20)5-6-21-18(11)22-14)17-15(24)9-16(25-2)19(23-17)26-3/h5-6,8-10H,1,4,7H2,2-3H3,(H,21,22). The summed E-state index contributed by atoms with van der Waals surface area (Å²) in [6.45, 7) is 4.73. The third-order valence-electron chi connectivity index (χ3n) is 4.37.